The number of methoxy groups -OCH3 is 1. The Morgan fingerprint density at radius 2 is 1.97 bits per heavy atom. The predicted molar refractivity (Wildman–Crippen MR) is 110 cm³/mol. The third-order valence-electron chi connectivity index (χ3n) is 4.49. The summed E-state index contributed by atoms with van der Waals surface area (Å²) in [5.74, 6) is 0.886. The Morgan fingerprint density at radius 1 is 1.14 bits per heavy atom. The normalized spacial score (nSPS) is 11.7. The molecule has 0 radical (unpaired) electrons. The number of hydrogen-bond acceptors (Lipinski definition) is 3. The van der Waals surface area contributed by atoms with Crippen molar-refractivity contribution in [2.45, 2.75) is 19.6 Å². The maximum absolute atomic E-state index is 12.6. The quantitative estimate of drug-likeness (QED) is 0.397. The molecule has 0 aliphatic rings. The molecule has 0 atom stereocenters. The van der Waals surface area contributed by atoms with Crippen LogP contribution in [0.4, 0.5) is 8.78 Å². The molecule has 0 saturated heterocycles. The van der Waals surface area contributed by atoms with Crippen LogP contribution in [-0.4, -0.2) is 38.3 Å². The number of aliphatic imine (C=N–C) groups is 1. The molecule has 0 unspecified atom stereocenters. The molecule has 1 aromatic heterocycles. The molecule has 0 spiro atoms. The molecule has 0 saturated carbocycles. The van der Waals surface area contributed by atoms with Gasteiger partial charge in [0.25, 0.3) is 0 Å². The summed E-state index contributed by atoms with van der Waals surface area (Å²) < 4.78 is 34.7. The fourth-order valence-electron chi connectivity index (χ4n) is 3.08. The average Bonchev–Trinajstić information content (AvgIpc) is 3.13. The van der Waals surface area contributed by atoms with Gasteiger partial charge in [-0.1, -0.05) is 24.3 Å². The zero-order valence-electron chi connectivity index (χ0n) is 16.3. The fourth-order valence-corrected chi connectivity index (χ4v) is 3.08. The predicted octanol–water partition coefficient (Wildman–Crippen LogP) is 3.69. The van der Waals surface area contributed by atoms with E-state index < -0.39 is 6.61 Å². The largest absolute Gasteiger partial charge is 0.493 e. The van der Waals surface area contributed by atoms with E-state index in [2.05, 4.69) is 31.4 Å². The number of aromatic amines is 1. The SMILES string of the molecule is CN=C(NCCc1c[nH]c2ccccc12)NCc1ccc(OC)c(OC(F)F)c1. The number of alkyl halides is 2. The number of benzene rings is 2. The lowest BCUT2D eigenvalue weighted by molar-refractivity contribution is -0.0512. The molecule has 29 heavy (non-hydrogen) atoms. The third-order valence-corrected chi connectivity index (χ3v) is 4.49. The van der Waals surface area contributed by atoms with Gasteiger partial charge in [0.15, 0.2) is 17.5 Å². The van der Waals surface area contributed by atoms with Crippen molar-refractivity contribution in [2.24, 2.45) is 4.99 Å². The molecule has 8 heteroatoms. The van der Waals surface area contributed by atoms with Gasteiger partial charge in [0.1, 0.15) is 0 Å². The van der Waals surface area contributed by atoms with Crippen molar-refractivity contribution >= 4 is 16.9 Å². The van der Waals surface area contributed by atoms with Crippen LogP contribution in [0, 0.1) is 0 Å². The topological polar surface area (TPSA) is 70.7 Å². The zero-order chi connectivity index (χ0) is 20.6. The standard InChI is InChI=1S/C21H24F2N4O2/c1-24-21(25-10-9-15-13-26-17-6-4-3-5-16(15)17)27-12-14-7-8-18(28-2)19(11-14)29-20(22)23/h3-8,11,13,20,26H,9-10,12H2,1-2H3,(H2,24,25,27). The molecule has 3 aromatic rings. The second-order valence-corrected chi connectivity index (χ2v) is 6.33. The molecule has 3 N–H and O–H groups in total. The fraction of sp³-hybridized carbons (Fsp3) is 0.286. The Morgan fingerprint density at radius 3 is 2.72 bits per heavy atom. The first kappa shape index (κ1) is 20.4. The molecule has 0 aliphatic heterocycles. The summed E-state index contributed by atoms with van der Waals surface area (Å²) in [7, 11) is 3.09. The molecule has 2 aromatic carbocycles. The van der Waals surface area contributed by atoms with E-state index in [-0.39, 0.29) is 11.5 Å². The number of fused-ring (bicyclic) bond motifs is 1. The van der Waals surface area contributed by atoms with Crippen LogP contribution in [0.5, 0.6) is 11.5 Å². The smallest absolute Gasteiger partial charge is 0.387 e. The highest BCUT2D eigenvalue weighted by molar-refractivity contribution is 5.83. The van der Waals surface area contributed by atoms with Crippen LogP contribution >= 0.6 is 0 Å². The number of hydrogen-bond donors (Lipinski definition) is 3. The molecule has 0 bridgehead atoms. The van der Waals surface area contributed by atoms with E-state index in [0.717, 1.165) is 17.5 Å². The van der Waals surface area contributed by atoms with Crippen molar-refractivity contribution in [3.05, 3.63) is 59.8 Å². The lowest BCUT2D eigenvalue weighted by atomic mass is 10.1. The third kappa shape index (κ3) is 5.37. The van der Waals surface area contributed by atoms with Crippen LogP contribution in [-0.2, 0) is 13.0 Å². The maximum Gasteiger partial charge on any atom is 0.387 e. The number of halogens is 2. The zero-order valence-corrected chi connectivity index (χ0v) is 16.3. The van der Waals surface area contributed by atoms with Crippen molar-refractivity contribution in [3.8, 4) is 11.5 Å². The molecule has 0 amide bonds. The Balaban J connectivity index is 1.54. The first-order valence-electron chi connectivity index (χ1n) is 9.22. The van der Waals surface area contributed by atoms with Gasteiger partial charge in [-0.15, -0.1) is 0 Å². The molecule has 0 fully saturated rings. The number of nitrogens with zero attached hydrogens (tertiary/aromatic N) is 1. The van der Waals surface area contributed by atoms with Crippen molar-refractivity contribution in [2.75, 3.05) is 20.7 Å². The van der Waals surface area contributed by atoms with Crippen LogP contribution in [0.15, 0.2) is 53.7 Å². The highest BCUT2D eigenvalue weighted by Crippen LogP contribution is 2.29. The average molecular weight is 402 g/mol. The van der Waals surface area contributed by atoms with Crippen LogP contribution in [0.1, 0.15) is 11.1 Å². The Hall–Kier alpha value is -3.29. The molecule has 6 nitrogen and oxygen atoms in total. The van der Waals surface area contributed by atoms with E-state index >= 15 is 0 Å². The number of guanidine groups is 1. The lowest BCUT2D eigenvalue weighted by Crippen LogP contribution is -2.37. The van der Waals surface area contributed by atoms with Gasteiger partial charge in [-0.25, -0.2) is 0 Å². The molecule has 1 heterocycles. The van der Waals surface area contributed by atoms with Gasteiger partial charge in [-0.3, -0.25) is 4.99 Å². The summed E-state index contributed by atoms with van der Waals surface area (Å²) >= 11 is 0. The van der Waals surface area contributed by atoms with Gasteiger partial charge < -0.3 is 25.1 Å². The molecule has 0 aliphatic carbocycles. The summed E-state index contributed by atoms with van der Waals surface area (Å²) in [4.78, 5) is 7.47. The van der Waals surface area contributed by atoms with Crippen molar-refractivity contribution in [3.63, 3.8) is 0 Å². The Bertz CT molecular complexity index is 972. The van der Waals surface area contributed by atoms with Crippen molar-refractivity contribution in [1.29, 1.82) is 0 Å². The molecular formula is C21H24F2N4O2. The van der Waals surface area contributed by atoms with Gasteiger partial charge in [0.2, 0.25) is 0 Å². The second-order valence-electron chi connectivity index (χ2n) is 6.33. The van der Waals surface area contributed by atoms with E-state index in [1.54, 1.807) is 19.2 Å². The van der Waals surface area contributed by atoms with Crippen LogP contribution in [0.2, 0.25) is 0 Å². The van der Waals surface area contributed by atoms with Gasteiger partial charge in [0.05, 0.1) is 7.11 Å². The summed E-state index contributed by atoms with van der Waals surface area (Å²) in [6.07, 6.45) is 2.85. The van der Waals surface area contributed by atoms with Crippen LogP contribution in [0.3, 0.4) is 0 Å². The number of aromatic nitrogens is 1. The summed E-state index contributed by atoms with van der Waals surface area (Å²) in [6.45, 7) is -1.81. The minimum Gasteiger partial charge on any atom is -0.493 e. The van der Waals surface area contributed by atoms with Crippen molar-refractivity contribution < 1.29 is 18.3 Å². The number of para-hydroxylation sites is 1. The van der Waals surface area contributed by atoms with E-state index in [1.165, 1.54) is 24.1 Å². The molecule has 3 rings (SSSR count). The van der Waals surface area contributed by atoms with E-state index in [1.807, 2.05) is 24.4 Å². The lowest BCUT2D eigenvalue weighted by Gasteiger charge is -2.14. The summed E-state index contributed by atoms with van der Waals surface area (Å²) in [6, 6.07) is 13.1. The van der Waals surface area contributed by atoms with E-state index in [4.69, 9.17) is 4.74 Å². The van der Waals surface area contributed by atoms with Crippen LogP contribution in [0.25, 0.3) is 10.9 Å². The Labute approximate surface area is 167 Å². The molecular weight excluding hydrogens is 378 g/mol. The van der Waals surface area contributed by atoms with Gasteiger partial charge in [-0.2, -0.15) is 8.78 Å². The van der Waals surface area contributed by atoms with Gasteiger partial charge >= 0.3 is 6.61 Å². The summed E-state index contributed by atoms with van der Waals surface area (Å²) in [5, 5.41) is 7.64. The molecule has 154 valence electrons. The van der Waals surface area contributed by atoms with Crippen molar-refractivity contribution in [1.82, 2.24) is 15.6 Å². The number of H-pyrrole nitrogens is 1. The monoisotopic (exact) mass is 402 g/mol. The van der Waals surface area contributed by atoms with E-state index in [9.17, 15) is 8.78 Å². The Kier molecular flexibility index (Phi) is 6.89. The summed E-state index contributed by atoms with van der Waals surface area (Å²) in [5.41, 5.74) is 3.11. The first-order valence-corrected chi connectivity index (χ1v) is 9.22. The number of ether oxygens (including phenoxy) is 2. The van der Waals surface area contributed by atoms with Crippen LogP contribution < -0.4 is 20.1 Å². The first-order chi connectivity index (χ1) is 14.1. The number of nitrogens with one attached hydrogen (secondary N) is 3. The van der Waals surface area contributed by atoms with E-state index in [0.29, 0.717) is 19.0 Å². The van der Waals surface area contributed by atoms with Gasteiger partial charge in [-0.05, 0) is 35.7 Å². The highest BCUT2D eigenvalue weighted by Gasteiger charge is 2.11. The number of rotatable bonds is 8. The second kappa shape index (κ2) is 9.77. The highest BCUT2D eigenvalue weighted by atomic mass is 19.3. The van der Waals surface area contributed by atoms with Gasteiger partial charge in [0, 0.05) is 37.2 Å². The minimum absolute atomic E-state index is 0.00378. The minimum atomic E-state index is -2.91. The maximum atomic E-state index is 12.6.